The van der Waals surface area contributed by atoms with Crippen molar-refractivity contribution in [1.29, 1.82) is 0 Å². The van der Waals surface area contributed by atoms with Gasteiger partial charge < -0.3 is 15.0 Å². The third kappa shape index (κ3) is 4.50. The number of nitrogens with one attached hydrogen (secondary N) is 1. The average Bonchev–Trinajstić information content (AvgIpc) is 3.50. The number of hydrogen-bond donors (Lipinski definition) is 1. The minimum atomic E-state index is -2.95. The number of ether oxygens (including phenoxy) is 1. The highest BCUT2D eigenvalue weighted by Crippen LogP contribution is 2.36. The van der Waals surface area contributed by atoms with Crippen LogP contribution in [0.2, 0.25) is 0 Å². The molecule has 0 bridgehead atoms. The third-order valence-corrected chi connectivity index (χ3v) is 5.53. The molecule has 1 saturated carbocycles. The summed E-state index contributed by atoms with van der Waals surface area (Å²) < 4.78 is 31.2. The number of halogens is 2. The lowest BCUT2D eigenvalue weighted by Crippen LogP contribution is -2.27. The number of alkyl halides is 2. The number of aromatic nitrogens is 2. The zero-order valence-corrected chi connectivity index (χ0v) is 17.6. The minimum absolute atomic E-state index is 0.0345. The van der Waals surface area contributed by atoms with Crippen molar-refractivity contribution in [2.75, 3.05) is 11.9 Å². The summed E-state index contributed by atoms with van der Waals surface area (Å²) in [5.74, 6) is -2.57. The number of pyridine rings is 2. The predicted octanol–water partition coefficient (Wildman–Crippen LogP) is 3.88. The molecule has 164 valence electrons. The van der Waals surface area contributed by atoms with Gasteiger partial charge in [-0.1, -0.05) is 0 Å². The van der Waals surface area contributed by atoms with Crippen molar-refractivity contribution in [3.8, 4) is 5.88 Å². The second-order valence-electron chi connectivity index (χ2n) is 8.31. The van der Waals surface area contributed by atoms with Gasteiger partial charge in [0.1, 0.15) is 5.82 Å². The maximum Gasteiger partial charge on any atom is 0.278 e. The molecule has 9 heteroatoms. The van der Waals surface area contributed by atoms with Crippen LogP contribution in [0.3, 0.4) is 0 Å². The minimum Gasteiger partial charge on any atom is -0.471 e. The zero-order chi connectivity index (χ0) is 22.3. The van der Waals surface area contributed by atoms with Gasteiger partial charge in [0.2, 0.25) is 11.8 Å². The average molecular weight is 430 g/mol. The van der Waals surface area contributed by atoms with Crippen LogP contribution in [0.4, 0.5) is 14.6 Å². The Balaban J connectivity index is 1.51. The molecular weight excluding hydrogens is 406 g/mol. The molecule has 1 unspecified atom stereocenters. The number of nitrogens with zero attached hydrogens (tertiary/aromatic N) is 3. The quantitative estimate of drug-likeness (QED) is 0.721. The highest BCUT2D eigenvalue weighted by atomic mass is 19.3. The van der Waals surface area contributed by atoms with Crippen LogP contribution in [0, 0.1) is 12.8 Å². The lowest BCUT2D eigenvalue weighted by Gasteiger charge is -2.25. The molecule has 2 aliphatic rings. The van der Waals surface area contributed by atoms with E-state index in [0.29, 0.717) is 29.1 Å². The monoisotopic (exact) mass is 430 g/mol. The summed E-state index contributed by atoms with van der Waals surface area (Å²) in [4.78, 5) is 35.3. The predicted molar refractivity (Wildman–Crippen MR) is 109 cm³/mol. The second kappa shape index (κ2) is 7.86. The molecule has 0 saturated heterocycles. The summed E-state index contributed by atoms with van der Waals surface area (Å²) in [5.41, 5.74) is 2.58. The number of hydrogen-bond acceptors (Lipinski definition) is 5. The molecule has 0 spiro atoms. The summed E-state index contributed by atoms with van der Waals surface area (Å²) in [6, 6.07) is 3.12. The van der Waals surface area contributed by atoms with Crippen LogP contribution in [0.1, 0.15) is 59.8 Å². The van der Waals surface area contributed by atoms with Crippen LogP contribution in [-0.2, 0) is 11.3 Å². The molecule has 0 radical (unpaired) electrons. The maximum absolute atomic E-state index is 13.1. The van der Waals surface area contributed by atoms with Gasteiger partial charge in [0.15, 0.2) is 6.61 Å². The largest absolute Gasteiger partial charge is 0.471 e. The Hall–Kier alpha value is -3.10. The Kier molecular flexibility index (Phi) is 5.36. The number of carbonyl (C=O) groups excluding carboxylic acids is 2. The van der Waals surface area contributed by atoms with Gasteiger partial charge in [-0.05, 0) is 44.4 Å². The van der Waals surface area contributed by atoms with E-state index >= 15 is 0 Å². The van der Waals surface area contributed by atoms with E-state index in [4.69, 9.17) is 4.74 Å². The highest BCUT2D eigenvalue weighted by molar-refractivity contribution is 6.02. The molecule has 0 aromatic carbocycles. The maximum atomic E-state index is 13.1. The molecule has 2 aromatic rings. The summed E-state index contributed by atoms with van der Waals surface area (Å²) in [6.45, 7) is 3.94. The SMILES string of the molecule is Cc1cc(C(C)N2Cc3c(ccnc3NC(=O)C3CC3)C2=O)cnc1OCC(C)(F)F. The number of amides is 2. The van der Waals surface area contributed by atoms with E-state index in [0.717, 1.165) is 25.3 Å². The fraction of sp³-hybridized carbons (Fsp3) is 0.455. The van der Waals surface area contributed by atoms with Crippen LogP contribution in [0.25, 0.3) is 0 Å². The van der Waals surface area contributed by atoms with Crippen LogP contribution in [-0.4, -0.2) is 39.2 Å². The first-order valence-electron chi connectivity index (χ1n) is 10.2. The van der Waals surface area contributed by atoms with Gasteiger partial charge in [0, 0.05) is 41.9 Å². The first-order chi connectivity index (χ1) is 14.6. The van der Waals surface area contributed by atoms with Gasteiger partial charge >= 0.3 is 0 Å². The van der Waals surface area contributed by atoms with Gasteiger partial charge in [-0.2, -0.15) is 0 Å². The second-order valence-corrected chi connectivity index (χ2v) is 8.31. The Morgan fingerprint density at radius 3 is 2.77 bits per heavy atom. The Morgan fingerprint density at radius 2 is 2.13 bits per heavy atom. The Labute approximate surface area is 178 Å². The smallest absolute Gasteiger partial charge is 0.278 e. The third-order valence-electron chi connectivity index (χ3n) is 5.53. The van der Waals surface area contributed by atoms with E-state index in [9.17, 15) is 18.4 Å². The Bertz CT molecular complexity index is 1030. The fourth-order valence-corrected chi connectivity index (χ4v) is 3.57. The summed E-state index contributed by atoms with van der Waals surface area (Å²) in [6.07, 6.45) is 4.82. The number of anilines is 1. The molecule has 3 heterocycles. The lowest BCUT2D eigenvalue weighted by molar-refractivity contribution is -0.117. The van der Waals surface area contributed by atoms with E-state index in [1.54, 1.807) is 24.0 Å². The molecule has 1 atom stereocenters. The van der Waals surface area contributed by atoms with E-state index in [1.807, 2.05) is 6.92 Å². The number of rotatable bonds is 7. The van der Waals surface area contributed by atoms with Crippen molar-refractivity contribution in [3.63, 3.8) is 0 Å². The molecule has 1 aliphatic heterocycles. The summed E-state index contributed by atoms with van der Waals surface area (Å²) in [5, 5.41) is 2.85. The Morgan fingerprint density at radius 1 is 1.39 bits per heavy atom. The van der Waals surface area contributed by atoms with E-state index in [1.165, 1.54) is 12.4 Å². The van der Waals surface area contributed by atoms with Gasteiger partial charge in [-0.15, -0.1) is 0 Å². The van der Waals surface area contributed by atoms with E-state index in [-0.39, 0.29) is 29.7 Å². The van der Waals surface area contributed by atoms with Crippen molar-refractivity contribution in [2.24, 2.45) is 5.92 Å². The van der Waals surface area contributed by atoms with Gasteiger partial charge in [-0.3, -0.25) is 9.59 Å². The number of carbonyl (C=O) groups is 2. The molecule has 7 nitrogen and oxygen atoms in total. The van der Waals surface area contributed by atoms with Crippen LogP contribution in [0.15, 0.2) is 24.5 Å². The van der Waals surface area contributed by atoms with Crippen molar-refractivity contribution in [1.82, 2.24) is 14.9 Å². The standard InChI is InChI=1S/C22H24F2N4O3/c1-12-8-15(9-26-20(12)31-11-22(3,23)24)13(2)28-10-17-16(21(28)30)6-7-25-18(17)27-19(29)14-4-5-14/h6-9,13-14H,4-5,10-11H2,1-3H3,(H,25,27,29). The molecule has 1 N–H and O–H groups in total. The normalized spacial score (nSPS) is 16.8. The van der Waals surface area contributed by atoms with Crippen LogP contribution >= 0.6 is 0 Å². The molecule has 31 heavy (non-hydrogen) atoms. The van der Waals surface area contributed by atoms with Gasteiger partial charge in [-0.25, -0.2) is 18.7 Å². The fourth-order valence-electron chi connectivity index (χ4n) is 3.57. The highest BCUT2D eigenvalue weighted by Gasteiger charge is 2.36. The van der Waals surface area contributed by atoms with Crippen LogP contribution in [0.5, 0.6) is 5.88 Å². The van der Waals surface area contributed by atoms with Crippen LogP contribution < -0.4 is 10.1 Å². The van der Waals surface area contributed by atoms with Crippen molar-refractivity contribution in [2.45, 2.75) is 52.1 Å². The molecule has 1 aliphatic carbocycles. The number of aryl methyl sites for hydroxylation is 1. The van der Waals surface area contributed by atoms with Gasteiger partial charge in [0.25, 0.3) is 11.8 Å². The van der Waals surface area contributed by atoms with E-state index in [2.05, 4.69) is 15.3 Å². The van der Waals surface area contributed by atoms with Crippen molar-refractivity contribution >= 4 is 17.6 Å². The molecule has 1 fully saturated rings. The molecule has 2 aromatic heterocycles. The topological polar surface area (TPSA) is 84.4 Å². The first kappa shape index (κ1) is 21.1. The van der Waals surface area contributed by atoms with Crippen molar-refractivity contribution in [3.05, 3.63) is 46.8 Å². The molecular formula is C22H24F2N4O3. The van der Waals surface area contributed by atoms with E-state index < -0.39 is 12.5 Å². The summed E-state index contributed by atoms with van der Waals surface area (Å²) >= 11 is 0. The zero-order valence-electron chi connectivity index (χ0n) is 17.6. The lowest BCUT2D eigenvalue weighted by atomic mass is 10.1. The summed E-state index contributed by atoms with van der Waals surface area (Å²) in [7, 11) is 0. The molecule has 4 rings (SSSR count). The van der Waals surface area contributed by atoms with Gasteiger partial charge in [0.05, 0.1) is 12.6 Å². The molecule has 2 amide bonds. The first-order valence-corrected chi connectivity index (χ1v) is 10.2. The number of fused-ring (bicyclic) bond motifs is 1. The van der Waals surface area contributed by atoms with Crippen molar-refractivity contribution < 1.29 is 23.1 Å².